The number of hydrogen-bond acceptors (Lipinski definition) is 3. The molecule has 0 atom stereocenters. The summed E-state index contributed by atoms with van der Waals surface area (Å²) in [6.07, 6.45) is 0. The number of nitrogens with zero attached hydrogens (tertiary/aromatic N) is 1. The zero-order chi connectivity index (χ0) is 18.8. The number of rotatable bonds is 5. The molecule has 0 aliphatic carbocycles. The van der Waals surface area contributed by atoms with Crippen molar-refractivity contribution in [2.45, 2.75) is 6.61 Å². The highest BCUT2D eigenvalue weighted by Gasteiger charge is 2.12. The maximum absolute atomic E-state index is 6.23. The molecule has 0 spiro atoms. The molecule has 4 aromatic rings. The van der Waals surface area contributed by atoms with Crippen LogP contribution >= 0.6 is 23.2 Å². The molecular weight excluding hydrogens is 383 g/mol. The Morgan fingerprint density at radius 3 is 2.44 bits per heavy atom. The predicted octanol–water partition coefficient (Wildman–Crippen LogP) is 6.12. The Labute approximate surface area is 166 Å². The van der Waals surface area contributed by atoms with Gasteiger partial charge in [0.25, 0.3) is 0 Å². The third-order valence-corrected chi connectivity index (χ3v) is 4.97. The van der Waals surface area contributed by atoms with Gasteiger partial charge in [0.2, 0.25) is 0 Å². The van der Waals surface area contributed by atoms with Gasteiger partial charge in [-0.05, 0) is 42.5 Å². The van der Waals surface area contributed by atoms with E-state index in [1.165, 1.54) is 0 Å². The van der Waals surface area contributed by atoms with E-state index in [4.69, 9.17) is 32.7 Å². The Morgan fingerprint density at radius 2 is 1.70 bits per heavy atom. The van der Waals surface area contributed by atoms with E-state index in [1.807, 2.05) is 42.5 Å². The molecule has 1 heterocycles. The molecule has 0 fully saturated rings. The second-order valence-corrected chi connectivity index (χ2v) is 6.77. The molecule has 27 heavy (non-hydrogen) atoms. The number of H-pyrrole nitrogens is 1. The van der Waals surface area contributed by atoms with Crippen LogP contribution in [0, 0.1) is 0 Å². The van der Waals surface area contributed by atoms with Crippen molar-refractivity contribution in [3.63, 3.8) is 0 Å². The van der Waals surface area contributed by atoms with Crippen LogP contribution in [0.1, 0.15) is 5.56 Å². The van der Waals surface area contributed by atoms with Crippen molar-refractivity contribution >= 4 is 34.2 Å². The fraction of sp³-hybridized carbons (Fsp3) is 0.0952. The van der Waals surface area contributed by atoms with Crippen molar-refractivity contribution in [1.82, 2.24) is 9.97 Å². The monoisotopic (exact) mass is 398 g/mol. The lowest BCUT2D eigenvalue weighted by atomic mass is 10.2. The summed E-state index contributed by atoms with van der Waals surface area (Å²) < 4.78 is 11.4. The SMILES string of the molecule is COc1ccc(-c2nc3ccccc3[nH]2)cc1OCc1c(Cl)cccc1Cl. The maximum atomic E-state index is 6.23. The number of hydrogen-bond donors (Lipinski definition) is 1. The van der Waals surface area contributed by atoms with Crippen molar-refractivity contribution in [2.24, 2.45) is 0 Å². The van der Waals surface area contributed by atoms with Crippen LogP contribution in [-0.2, 0) is 6.61 Å². The van der Waals surface area contributed by atoms with Crippen molar-refractivity contribution in [3.05, 3.63) is 76.3 Å². The molecule has 0 radical (unpaired) electrons. The van der Waals surface area contributed by atoms with Crippen molar-refractivity contribution < 1.29 is 9.47 Å². The summed E-state index contributed by atoms with van der Waals surface area (Å²) in [7, 11) is 1.60. The summed E-state index contributed by atoms with van der Waals surface area (Å²) >= 11 is 12.5. The number of para-hydroxylation sites is 2. The first-order valence-corrected chi connectivity index (χ1v) is 9.10. The fourth-order valence-electron chi connectivity index (χ4n) is 2.85. The molecular formula is C21H16Cl2N2O2. The van der Waals surface area contributed by atoms with E-state index in [9.17, 15) is 0 Å². The third-order valence-electron chi connectivity index (χ3n) is 4.26. The molecule has 136 valence electrons. The van der Waals surface area contributed by atoms with Crippen LogP contribution in [0.5, 0.6) is 11.5 Å². The zero-order valence-electron chi connectivity index (χ0n) is 14.5. The van der Waals surface area contributed by atoms with Crippen LogP contribution in [0.2, 0.25) is 10.0 Å². The topological polar surface area (TPSA) is 47.1 Å². The van der Waals surface area contributed by atoms with E-state index in [-0.39, 0.29) is 6.61 Å². The molecule has 0 amide bonds. The van der Waals surface area contributed by atoms with Crippen LogP contribution in [0.4, 0.5) is 0 Å². The molecule has 6 heteroatoms. The minimum atomic E-state index is 0.235. The Bertz CT molecular complexity index is 1060. The molecule has 0 saturated heterocycles. The van der Waals surface area contributed by atoms with Crippen LogP contribution in [0.3, 0.4) is 0 Å². The average Bonchev–Trinajstić information content (AvgIpc) is 3.11. The van der Waals surface area contributed by atoms with Crippen LogP contribution in [0.15, 0.2) is 60.7 Å². The lowest BCUT2D eigenvalue weighted by Crippen LogP contribution is -1.99. The summed E-state index contributed by atoms with van der Waals surface area (Å²) in [5.41, 5.74) is 3.52. The molecule has 3 aromatic carbocycles. The molecule has 1 N–H and O–H groups in total. The predicted molar refractivity (Wildman–Crippen MR) is 109 cm³/mol. The highest BCUT2D eigenvalue weighted by atomic mass is 35.5. The molecule has 0 bridgehead atoms. The molecule has 1 aromatic heterocycles. The van der Waals surface area contributed by atoms with Gasteiger partial charge in [-0.25, -0.2) is 4.98 Å². The van der Waals surface area contributed by atoms with Crippen LogP contribution in [0.25, 0.3) is 22.4 Å². The van der Waals surface area contributed by atoms with Gasteiger partial charge in [-0.2, -0.15) is 0 Å². The number of imidazole rings is 1. The molecule has 0 saturated carbocycles. The highest BCUT2D eigenvalue weighted by Crippen LogP contribution is 2.34. The first kappa shape index (κ1) is 17.7. The second-order valence-electron chi connectivity index (χ2n) is 5.96. The Balaban J connectivity index is 1.66. The van der Waals surface area contributed by atoms with E-state index in [1.54, 1.807) is 25.3 Å². The Kier molecular flexibility index (Phi) is 4.92. The number of nitrogens with one attached hydrogen (secondary N) is 1. The summed E-state index contributed by atoms with van der Waals surface area (Å²) in [4.78, 5) is 7.95. The van der Waals surface area contributed by atoms with Crippen LogP contribution < -0.4 is 9.47 Å². The number of aromatic amines is 1. The van der Waals surface area contributed by atoms with E-state index in [2.05, 4.69) is 9.97 Å². The van der Waals surface area contributed by atoms with Gasteiger partial charge in [0.15, 0.2) is 11.5 Å². The smallest absolute Gasteiger partial charge is 0.162 e. The normalized spacial score (nSPS) is 10.9. The minimum absolute atomic E-state index is 0.235. The van der Waals surface area contributed by atoms with Crippen molar-refractivity contribution in [2.75, 3.05) is 7.11 Å². The van der Waals surface area contributed by atoms with E-state index >= 15 is 0 Å². The van der Waals surface area contributed by atoms with Gasteiger partial charge in [-0.15, -0.1) is 0 Å². The zero-order valence-corrected chi connectivity index (χ0v) is 16.0. The standard InChI is InChI=1S/C21H16Cl2N2O2/c1-26-19-10-9-13(21-24-17-7-2-3-8-18(17)25-21)11-20(19)27-12-14-15(22)5-4-6-16(14)23/h2-11H,12H2,1H3,(H,24,25). The number of fused-ring (bicyclic) bond motifs is 1. The number of aromatic nitrogens is 2. The van der Waals surface area contributed by atoms with E-state index in [0.717, 1.165) is 28.0 Å². The summed E-state index contributed by atoms with van der Waals surface area (Å²) in [6.45, 7) is 0.235. The first-order chi connectivity index (χ1) is 13.2. The summed E-state index contributed by atoms with van der Waals surface area (Å²) in [5.74, 6) is 1.98. The summed E-state index contributed by atoms with van der Waals surface area (Å²) in [6, 6.07) is 18.9. The molecule has 0 aliphatic heterocycles. The minimum Gasteiger partial charge on any atom is -0.493 e. The number of ether oxygens (including phenoxy) is 2. The average molecular weight is 399 g/mol. The Hall–Kier alpha value is -2.69. The van der Waals surface area contributed by atoms with Crippen molar-refractivity contribution in [3.8, 4) is 22.9 Å². The second kappa shape index (κ2) is 7.51. The lowest BCUT2D eigenvalue weighted by molar-refractivity contribution is 0.285. The largest absolute Gasteiger partial charge is 0.493 e. The molecule has 0 aliphatic rings. The lowest BCUT2D eigenvalue weighted by Gasteiger charge is -2.13. The quantitative estimate of drug-likeness (QED) is 0.440. The highest BCUT2D eigenvalue weighted by molar-refractivity contribution is 6.35. The van der Waals surface area contributed by atoms with Crippen molar-refractivity contribution in [1.29, 1.82) is 0 Å². The number of benzene rings is 3. The van der Waals surface area contributed by atoms with E-state index in [0.29, 0.717) is 21.5 Å². The van der Waals surface area contributed by atoms with Crippen LogP contribution in [-0.4, -0.2) is 17.1 Å². The van der Waals surface area contributed by atoms with Gasteiger partial charge < -0.3 is 14.5 Å². The van der Waals surface area contributed by atoms with Gasteiger partial charge >= 0.3 is 0 Å². The number of halogens is 2. The maximum Gasteiger partial charge on any atom is 0.162 e. The summed E-state index contributed by atoms with van der Waals surface area (Å²) in [5, 5.41) is 1.13. The third kappa shape index (κ3) is 3.59. The number of methoxy groups -OCH3 is 1. The Morgan fingerprint density at radius 1 is 0.926 bits per heavy atom. The van der Waals surface area contributed by atoms with E-state index < -0.39 is 0 Å². The first-order valence-electron chi connectivity index (χ1n) is 8.34. The van der Waals surface area contributed by atoms with Gasteiger partial charge in [0, 0.05) is 21.2 Å². The van der Waals surface area contributed by atoms with Gasteiger partial charge in [-0.3, -0.25) is 0 Å². The molecule has 0 unspecified atom stereocenters. The van der Waals surface area contributed by atoms with Gasteiger partial charge in [-0.1, -0.05) is 41.4 Å². The van der Waals surface area contributed by atoms with Gasteiger partial charge in [0.05, 0.1) is 18.1 Å². The van der Waals surface area contributed by atoms with Gasteiger partial charge in [0.1, 0.15) is 12.4 Å². The molecule has 4 rings (SSSR count). The molecule has 4 nitrogen and oxygen atoms in total. The fourth-order valence-corrected chi connectivity index (χ4v) is 3.35.